The Morgan fingerprint density at radius 3 is 2.41 bits per heavy atom. The van der Waals surface area contributed by atoms with Gasteiger partial charge in [0.05, 0.1) is 30.6 Å². The first kappa shape index (κ1) is 22.6. The monoisotopic (exact) mass is 532 g/mol. The molecule has 0 saturated carbocycles. The molecule has 0 spiro atoms. The van der Waals surface area contributed by atoms with E-state index < -0.39 is 0 Å². The van der Waals surface area contributed by atoms with E-state index in [0.717, 1.165) is 33.0 Å². The van der Waals surface area contributed by atoms with Crippen molar-refractivity contribution < 1.29 is 4.74 Å². The number of anilines is 1. The predicted octanol–water partition coefficient (Wildman–Crippen LogP) is 6.44. The van der Waals surface area contributed by atoms with Crippen LogP contribution in [0.4, 0.5) is 5.69 Å². The Kier molecular flexibility index (Phi) is 6.15. The van der Waals surface area contributed by atoms with Crippen molar-refractivity contribution in [2.75, 3.05) is 12.0 Å². The molecule has 2 atom stereocenters. The summed E-state index contributed by atoms with van der Waals surface area (Å²) in [6, 6.07) is 24.4. The number of hydrogen-bond donors (Lipinski definition) is 1. The Balaban J connectivity index is 1.68. The van der Waals surface area contributed by atoms with E-state index in [0.29, 0.717) is 5.11 Å². The van der Waals surface area contributed by atoms with Gasteiger partial charge in [0.25, 0.3) is 0 Å². The highest BCUT2D eigenvalue weighted by Gasteiger charge is 2.42. The molecule has 3 heterocycles. The van der Waals surface area contributed by atoms with E-state index in [2.05, 4.69) is 79.9 Å². The Labute approximate surface area is 213 Å². The zero-order valence-corrected chi connectivity index (χ0v) is 21.6. The van der Waals surface area contributed by atoms with Crippen molar-refractivity contribution in [3.05, 3.63) is 106 Å². The SMILES string of the molecule is COc1ccc(N2C(=S)NC(c3ccccn3)C2c2cc(C)n(-c3ccccc3Br)c2C)cc1. The minimum atomic E-state index is -0.0936. The highest BCUT2D eigenvalue weighted by atomic mass is 79.9. The van der Waals surface area contributed by atoms with Crippen molar-refractivity contribution in [3.8, 4) is 11.4 Å². The van der Waals surface area contributed by atoms with Crippen LogP contribution in [0.5, 0.6) is 5.75 Å². The number of ether oxygens (including phenoxy) is 1. The van der Waals surface area contributed by atoms with Crippen LogP contribution in [0.1, 0.15) is 34.7 Å². The van der Waals surface area contributed by atoms with Crippen molar-refractivity contribution >= 4 is 38.9 Å². The van der Waals surface area contributed by atoms with E-state index in [1.54, 1.807) is 7.11 Å². The number of benzene rings is 2. The summed E-state index contributed by atoms with van der Waals surface area (Å²) in [4.78, 5) is 6.87. The molecule has 172 valence electrons. The first-order chi connectivity index (χ1) is 16.5. The molecule has 0 bridgehead atoms. The molecular weight excluding hydrogens is 508 g/mol. The lowest BCUT2D eigenvalue weighted by Gasteiger charge is -2.28. The molecule has 0 radical (unpaired) electrons. The number of aryl methyl sites for hydroxylation is 1. The lowest BCUT2D eigenvalue weighted by Crippen LogP contribution is -2.29. The first-order valence-corrected chi connectivity index (χ1v) is 12.3. The summed E-state index contributed by atoms with van der Waals surface area (Å²) in [5.74, 6) is 0.812. The maximum absolute atomic E-state index is 5.88. The third-order valence-electron chi connectivity index (χ3n) is 6.33. The third-order valence-corrected chi connectivity index (χ3v) is 7.32. The first-order valence-electron chi connectivity index (χ1n) is 11.1. The number of pyridine rings is 1. The molecule has 2 aromatic heterocycles. The van der Waals surface area contributed by atoms with Crippen molar-refractivity contribution in [1.29, 1.82) is 0 Å². The number of nitrogens with one attached hydrogen (secondary N) is 1. The molecule has 0 aliphatic carbocycles. The van der Waals surface area contributed by atoms with Gasteiger partial charge in [-0.2, -0.15) is 0 Å². The smallest absolute Gasteiger partial charge is 0.174 e. The molecule has 1 aliphatic heterocycles. The number of aromatic nitrogens is 2. The van der Waals surface area contributed by atoms with Crippen molar-refractivity contribution in [3.63, 3.8) is 0 Å². The molecule has 1 aliphatic rings. The minimum Gasteiger partial charge on any atom is -0.497 e. The molecular formula is C27H25BrN4OS. The van der Waals surface area contributed by atoms with Crippen LogP contribution in [0.25, 0.3) is 5.69 Å². The number of nitrogens with zero attached hydrogens (tertiary/aromatic N) is 3. The molecule has 5 nitrogen and oxygen atoms in total. The van der Waals surface area contributed by atoms with E-state index in [1.807, 2.05) is 48.7 Å². The van der Waals surface area contributed by atoms with Crippen LogP contribution in [0.3, 0.4) is 0 Å². The second kappa shape index (κ2) is 9.24. The standard InChI is InChI=1S/C27H25BrN4OS/c1-17-16-21(18(2)31(17)24-10-5-4-8-22(24)28)26-25(23-9-6-7-15-29-23)30-27(34)32(26)19-11-13-20(33-3)14-12-19/h4-16,25-26H,1-3H3,(H,30,34). The number of methoxy groups -OCH3 is 1. The molecule has 1 fully saturated rings. The van der Waals surface area contributed by atoms with Gasteiger partial charge in [-0.25, -0.2) is 0 Å². The third kappa shape index (κ3) is 3.89. The van der Waals surface area contributed by atoms with Crippen LogP contribution in [0.15, 0.2) is 83.5 Å². The second-order valence-electron chi connectivity index (χ2n) is 8.31. The van der Waals surface area contributed by atoms with Crippen LogP contribution < -0.4 is 15.0 Å². The van der Waals surface area contributed by atoms with E-state index in [-0.39, 0.29) is 12.1 Å². The van der Waals surface area contributed by atoms with Crippen molar-refractivity contribution in [1.82, 2.24) is 14.9 Å². The minimum absolute atomic E-state index is 0.0711. The number of hydrogen-bond acceptors (Lipinski definition) is 3. The summed E-state index contributed by atoms with van der Waals surface area (Å²) < 4.78 is 8.72. The quantitative estimate of drug-likeness (QED) is 0.299. The maximum atomic E-state index is 5.88. The fraction of sp³-hybridized carbons (Fsp3) is 0.185. The van der Waals surface area contributed by atoms with Crippen LogP contribution in [-0.4, -0.2) is 21.8 Å². The van der Waals surface area contributed by atoms with E-state index >= 15 is 0 Å². The Bertz CT molecular complexity index is 1340. The number of rotatable bonds is 5. The van der Waals surface area contributed by atoms with Gasteiger partial charge in [0.2, 0.25) is 0 Å². The lowest BCUT2D eigenvalue weighted by atomic mass is 9.96. The molecule has 2 aromatic carbocycles. The number of halogens is 1. The molecule has 34 heavy (non-hydrogen) atoms. The molecule has 5 rings (SSSR count). The molecule has 4 aromatic rings. The fourth-order valence-electron chi connectivity index (χ4n) is 4.78. The Morgan fingerprint density at radius 2 is 1.74 bits per heavy atom. The van der Waals surface area contributed by atoms with Crippen LogP contribution >= 0.6 is 28.1 Å². The van der Waals surface area contributed by atoms with Crippen LogP contribution in [0, 0.1) is 13.8 Å². The summed E-state index contributed by atoms with van der Waals surface area (Å²) in [5, 5.41) is 4.23. The van der Waals surface area contributed by atoms with Crippen LogP contribution in [0.2, 0.25) is 0 Å². The van der Waals surface area contributed by atoms with Gasteiger partial charge in [-0.05, 0) is 102 Å². The molecule has 1 N–H and O–H groups in total. The summed E-state index contributed by atoms with van der Waals surface area (Å²) >= 11 is 9.60. The maximum Gasteiger partial charge on any atom is 0.174 e. The molecule has 0 amide bonds. The highest BCUT2D eigenvalue weighted by molar-refractivity contribution is 9.10. The summed E-state index contributed by atoms with van der Waals surface area (Å²) in [5.41, 5.74) is 6.60. The number of thiocarbonyl (C=S) groups is 1. The normalized spacial score (nSPS) is 17.6. The van der Waals surface area contributed by atoms with Gasteiger partial charge in [0.1, 0.15) is 5.75 Å². The van der Waals surface area contributed by atoms with E-state index in [4.69, 9.17) is 17.0 Å². The summed E-state index contributed by atoms with van der Waals surface area (Å²) in [7, 11) is 1.67. The van der Waals surface area contributed by atoms with Gasteiger partial charge in [-0.1, -0.05) is 18.2 Å². The van der Waals surface area contributed by atoms with E-state index in [9.17, 15) is 0 Å². The molecule has 7 heteroatoms. The van der Waals surface area contributed by atoms with Gasteiger partial charge in [0.15, 0.2) is 5.11 Å². The zero-order chi connectivity index (χ0) is 23.8. The van der Waals surface area contributed by atoms with Gasteiger partial charge in [-0.3, -0.25) is 4.98 Å². The van der Waals surface area contributed by atoms with Crippen molar-refractivity contribution in [2.24, 2.45) is 0 Å². The Hall–Kier alpha value is -3.16. The zero-order valence-electron chi connectivity index (χ0n) is 19.2. The fourth-order valence-corrected chi connectivity index (χ4v) is 5.59. The molecule has 2 unspecified atom stereocenters. The summed E-state index contributed by atoms with van der Waals surface area (Å²) in [6.07, 6.45) is 1.83. The van der Waals surface area contributed by atoms with E-state index in [1.165, 1.54) is 11.3 Å². The largest absolute Gasteiger partial charge is 0.497 e. The molecule has 1 saturated heterocycles. The average molecular weight is 533 g/mol. The topological polar surface area (TPSA) is 42.3 Å². The highest BCUT2D eigenvalue weighted by Crippen LogP contribution is 2.44. The summed E-state index contributed by atoms with van der Waals surface area (Å²) in [6.45, 7) is 4.31. The van der Waals surface area contributed by atoms with Gasteiger partial charge >= 0.3 is 0 Å². The Morgan fingerprint density at radius 1 is 1.00 bits per heavy atom. The van der Waals surface area contributed by atoms with Gasteiger partial charge in [-0.15, -0.1) is 0 Å². The number of para-hydroxylation sites is 1. The van der Waals surface area contributed by atoms with Gasteiger partial charge in [0, 0.05) is 27.7 Å². The second-order valence-corrected chi connectivity index (χ2v) is 9.55. The predicted molar refractivity (Wildman–Crippen MR) is 144 cm³/mol. The van der Waals surface area contributed by atoms with Crippen molar-refractivity contribution in [2.45, 2.75) is 25.9 Å². The average Bonchev–Trinajstić information content (AvgIpc) is 3.35. The van der Waals surface area contributed by atoms with Crippen LogP contribution in [-0.2, 0) is 0 Å². The lowest BCUT2D eigenvalue weighted by molar-refractivity contribution is 0.415. The van der Waals surface area contributed by atoms with Gasteiger partial charge < -0.3 is 19.5 Å².